The summed E-state index contributed by atoms with van der Waals surface area (Å²) in [6.07, 6.45) is 0.663. The largest absolute Gasteiger partial charge is 0.467 e. The van der Waals surface area contributed by atoms with Crippen molar-refractivity contribution in [3.8, 4) is 0 Å². The number of ether oxygens (including phenoxy) is 2. The predicted molar refractivity (Wildman–Crippen MR) is 153 cm³/mol. The van der Waals surface area contributed by atoms with Gasteiger partial charge >= 0.3 is 12.1 Å². The maximum atomic E-state index is 13.5. The van der Waals surface area contributed by atoms with E-state index in [0.29, 0.717) is 19.3 Å². The van der Waals surface area contributed by atoms with Crippen molar-refractivity contribution in [2.45, 2.75) is 84.0 Å². The van der Waals surface area contributed by atoms with Crippen molar-refractivity contribution in [1.29, 1.82) is 0 Å². The van der Waals surface area contributed by atoms with E-state index in [2.05, 4.69) is 16.0 Å². The van der Waals surface area contributed by atoms with Crippen LogP contribution in [0.15, 0.2) is 60.7 Å². The van der Waals surface area contributed by atoms with Crippen molar-refractivity contribution < 1.29 is 28.7 Å². The van der Waals surface area contributed by atoms with E-state index >= 15 is 0 Å². The molecule has 218 valence electrons. The second-order valence-electron chi connectivity index (χ2n) is 11.2. The molecule has 0 aromatic heterocycles. The van der Waals surface area contributed by atoms with Crippen molar-refractivity contribution in [3.63, 3.8) is 0 Å². The number of nitrogens with one attached hydrogen (secondary N) is 3. The molecule has 0 fully saturated rings. The first-order chi connectivity index (χ1) is 18.9. The molecule has 9 nitrogen and oxygen atoms in total. The molecule has 2 aromatic rings. The van der Waals surface area contributed by atoms with E-state index < -0.39 is 47.6 Å². The molecule has 0 bridgehead atoms. The highest BCUT2D eigenvalue weighted by Crippen LogP contribution is 2.12. The fourth-order valence-electron chi connectivity index (χ4n) is 4.11. The molecule has 3 N–H and O–H groups in total. The van der Waals surface area contributed by atoms with Gasteiger partial charge in [-0.15, -0.1) is 0 Å². The fraction of sp³-hybridized carbons (Fsp3) is 0.484. The highest BCUT2D eigenvalue weighted by atomic mass is 16.6. The smallest absolute Gasteiger partial charge is 0.408 e. The van der Waals surface area contributed by atoms with Crippen LogP contribution in [0.25, 0.3) is 0 Å². The number of alkyl carbamates (subject to hydrolysis) is 1. The van der Waals surface area contributed by atoms with E-state index in [9.17, 15) is 19.2 Å². The number of hydrogen-bond acceptors (Lipinski definition) is 6. The summed E-state index contributed by atoms with van der Waals surface area (Å²) in [5.41, 5.74) is 1.11. The average molecular weight is 554 g/mol. The number of carbonyl (C=O) groups excluding carboxylic acids is 4. The molecule has 40 heavy (non-hydrogen) atoms. The number of hydrogen-bond donors (Lipinski definition) is 3. The Labute approximate surface area is 237 Å². The summed E-state index contributed by atoms with van der Waals surface area (Å²) in [6.45, 7) is 9.07. The van der Waals surface area contributed by atoms with Gasteiger partial charge in [0.25, 0.3) is 0 Å². The average Bonchev–Trinajstić information content (AvgIpc) is 2.89. The van der Waals surface area contributed by atoms with Crippen molar-refractivity contribution in [3.05, 3.63) is 71.8 Å². The molecule has 0 aliphatic rings. The van der Waals surface area contributed by atoms with Crippen LogP contribution < -0.4 is 16.0 Å². The van der Waals surface area contributed by atoms with Gasteiger partial charge in [0.2, 0.25) is 11.8 Å². The van der Waals surface area contributed by atoms with Gasteiger partial charge in [-0.05, 0) is 57.1 Å². The first-order valence-electron chi connectivity index (χ1n) is 13.6. The number of esters is 1. The molecular formula is C31H43N3O6. The van der Waals surface area contributed by atoms with Crippen LogP contribution in [-0.2, 0) is 36.7 Å². The number of benzene rings is 2. The Morgan fingerprint density at radius 1 is 0.750 bits per heavy atom. The highest BCUT2D eigenvalue weighted by Gasteiger charge is 2.31. The lowest BCUT2D eigenvalue weighted by Crippen LogP contribution is -2.56. The summed E-state index contributed by atoms with van der Waals surface area (Å²) >= 11 is 0. The maximum absolute atomic E-state index is 13.5. The Balaban J connectivity index is 2.20. The van der Waals surface area contributed by atoms with Crippen LogP contribution in [0.3, 0.4) is 0 Å². The minimum atomic E-state index is -0.946. The Morgan fingerprint density at radius 2 is 1.27 bits per heavy atom. The number of carbonyl (C=O) groups is 4. The maximum Gasteiger partial charge on any atom is 0.408 e. The standard InChI is InChI=1S/C31H43N3O6/c1-21(2)19-25(28(36)33-26(29(37)39-6)20-23-15-11-8-12-16-23)32-27(35)24(34-30(38)40-31(3,4)5)18-17-22-13-9-7-10-14-22/h7-16,21,24-26H,17-20H2,1-6H3,(H,32,35)(H,33,36)(H,34,38)/t24-,25+,26+/m1/s1. The third-order valence-electron chi connectivity index (χ3n) is 6.00. The van der Waals surface area contributed by atoms with Gasteiger partial charge in [0.15, 0.2) is 0 Å². The Morgan fingerprint density at radius 3 is 1.80 bits per heavy atom. The summed E-state index contributed by atoms with van der Waals surface area (Å²) in [7, 11) is 1.26. The van der Waals surface area contributed by atoms with E-state index in [1.54, 1.807) is 20.8 Å². The summed E-state index contributed by atoms with van der Waals surface area (Å²) < 4.78 is 10.3. The zero-order valence-electron chi connectivity index (χ0n) is 24.4. The van der Waals surface area contributed by atoms with E-state index in [0.717, 1.165) is 11.1 Å². The van der Waals surface area contributed by atoms with Crippen LogP contribution in [0.2, 0.25) is 0 Å². The van der Waals surface area contributed by atoms with Crippen LogP contribution in [0.4, 0.5) is 4.79 Å². The Kier molecular flexibility index (Phi) is 12.6. The van der Waals surface area contributed by atoms with Crippen molar-refractivity contribution in [2.75, 3.05) is 7.11 Å². The molecule has 0 aliphatic carbocycles. The van der Waals surface area contributed by atoms with Gasteiger partial charge in [0, 0.05) is 6.42 Å². The lowest BCUT2D eigenvalue weighted by atomic mass is 10.00. The minimum Gasteiger partial charge on any atom is -0.467 e. The number of amides is 3. The van der Waals surface area contributed by atoms with Crippen molar-refractivity contribution in [1.82, 2.24) is 16.0 Å². The molecular weight excluding hydrogens is 510 g/mol. The number of aryl methyl sites for hydroxylation is 1. The van der Waals surface area contributed by atoms with Crippen molar-refractivity contribution >= 4 is 23.9 Å². The van der Waals surface area contributed by atoms with Crippen LogP contribution in [0, 0.1) is 5.92 Å². The van der Waals surface area contributed by atoms with Gasteiger partial charge in [-0.25, -0.2) is 9.59 Å². The van der Waals surface area contributed by atoms with Gasteiger partial charge in [-0.1, -0.05) is 74.5 Å². The van der Waals surface area contributed by atoms with Crippen LogP contribution in [0.1, 0.15) is 58.6 Å². The van der Waals surface area contributed by atoms with Crippen LogP contribution in [-0.4, -0.2) is 54.7 Å². The molecule has 0 radical (unpaired) electrons. The van der Waals surface area contributed by atoms with E-state index in [-0.39, 0.29) is 12.3 Å². The summed E-state index contributed by atoms with van der Waals surface area (Å²) in [5.74, 6) is -1.55. The highest BCUT2D eigenvalue weighted by molar-refractivity contribution is 5.93. The van der Waals surface area contributed by atoms with Gasteiger partial charge < -0.3 is 25.4 Å². The molecule has 9 heteroatoms. The lowest BCUT2D eigenvalue weighted by Gasteiger charge is -2.27. The molecule has 0 aliphatic heterocycles. The van der Waals surface area contributed by atoms with Crippen molar-refractivity contribution in [2.24, 2.45) is 5.92 Å². The molecule has 3 amide bonds. The van der Waals surface area contributed by atoms with Gasteiger partial charge in [0.05, 0.1) is 7.11 Å². The first kappa shape index (κ1) is 32.3. The zero-order chi connectivity index (χ0) is 29.7. The second-order valence-corrected chi connectivity index (χ2v) is 11.2. The first-order valence-corrected chi connectivity index (χ1v) is 13.6. The van der Waals surface area contributed by atoms with E-state index in [1.165, 1.54) is 7.11 Å². The summed E-state index contributed by atoms with van der Waals surface area (Å²) in [6, 6.07) is 16.1. The van der Waals surface area contributed by atoms with Gasteiger partial charge in [0.1, 0.15) is 23.7 Å². The number of methoxy groups -OCH3 is 1. The second kappa shape index (κ2) is 15.6. The van der Waals surface area contributed by atoms with Gasteiger partial charge in [-0.3, -0.25) is 9.59 Å². The van der Waals surface area contributed by atoms with Gasteiger partial charge in [-0.2, -0.15) is 0 Å². The molecule has 3 atom stereocenters. The molecule has 0 unspecified atom stereocenters. The Bertz CT molecular complexity index is 1100. The minimum absolute atomic E-state index is 0.0586. The SMILES string of the molecule is COC(=O)[C@H](Cc1ccccc1)NC(=O)[C@H](CC(C)C)NC(=O)[C@@H](CCc1ccccc1)NC(=O)OC(C)(C)C. The molecule has 0 saturated heterocycles. The summed E-state index contributed by atoms with van der Waals surface area (Å²) in [4.78, 5) is 51.9. The molecule has 0 saturated carbocycles. The fourth-order valence-corrected chi connectivity index (χ4v) is 4.11. The topological polar surface area (TPSA) is 123 Å². The lowest BCUT2D eigenvalue weighted by molar-refractivity contribution is -0.145. The van der Waals surface area contributed by atoms with E-state index in [1.807, 2.05) is 74.5 Å². The van der Waals surface area contributed by atoms with Crippen LogP contribution in [0.5, 0.6) is 0 Å². The molecule has 2 rings (SSSR count). The molecule has 0 spiro atoms. The normalized spacial score (nSPS) is 13.5. The number of rotatable bonds is 13. The van der Waals surface area contributed by atoms with E-state index in [4.69, 9.17) is 9.47 Å². The third kappa shape index (κ3) is 11.9. The predicted octanol–water partition coefficient (Wildman–Crippen LogP) is 3.94. The Hall–Kier alpha value is -3.88. The third-order valence-corrected chi connectivity index (χ3v) is 6.00. The molecule has 0 heterocycles. The quantitative estimate of drug-likeness (QED) is 0.323. The monoisotopic (exact) mass is 553 g/mol. The molecule has 2 aromatic carbocycles. The zero-order valence-corrected chi connectivity index (χ0v) is 24.4. The van der Waals surface area contributed by atoms with Crippen LogP contribution >= 0.6 is 0 Å². The summed E-state index contributed by atoms with van der Waals surface area (Å²) in [5, 5.41) is 8.22.